The van der Waals surface area contributed by atoms with Crippen LogP contribution in [0.15, 0.2) is 65.5 Å². The highest BCUT2D eigenvalue weighted by atomic mass is 16.5. The van der Waals surface area contributed by atoms with Crippen molar-refractivity contribution < 1.29 is 13.9 Å². The van der Waals surface area contributed by atoms with E-state index in [-0.39, 0.29) is 24.2 Å². The minimum absolute atomic E-state index is 0.119. The molecule has 1 amide bonds. The number of pyridine rings is 2. The molecule has 3 heterocycles. The number of carbonyl (C=O) groups excluding carboxylic acids is 1. The van der Waals surface area contributed by atoms with Gasteiger partial charge in [-0.1, -0.05) is 12.1 Å². The molecule has 0 radical (unpaired) electrons. The Bertz CT molecular complexity index is 1160. The lowest BCUT2D eigenvalue weighted by molar-refractivity contribution is 0.0934. The van der Waals surface area contributed by atoms with E-state index in [1.165, 1.54) is 6.26 Å². The van der Waals surface area contributed by atoms with Crippen molar-refractivity contribution >= 4 is 16.8 Å². The fourth-order valence-electron chi connectivity index (χ4n) is 3.06. The molecule has 4 aromatic rings. The van der Waals surface area contributed by atoms with Gasteiger partial charge in [-0.25, -0.2) is 4.98 Å². The van der Waals surface area contributed by atoms with Crippen LogP contribution in [0.3, 0.4) is 0 Å². The van der Waals surface area contributed by atoms with Crippen molar-refractivity contribution in [2.45, 2.75) is 26.5 Å². The number of rotatable bonds is 6. The van der Waals surface area contributed by atoms with Crippen molar-refractivity contribution in [2.75, 3.05) is 0 Å². The zero-order chi connectivity index (χ0) is 20.2. The van der Waals surface area contributed by atoms with E-state index in [4.69, 9.17) is 9.15 Å². The molecule has 0 fully saturated rings. The number of oxazole rings is 1. The Labute approximate surface area is 167 Å². The SMILES string of the molecule is Cc1cccnc1C(C)NC(=O)c1coc(COc2ccc3ncccc3c2)n1. The van der Waals surface area contributed by atoms with Gasteiger partial charge in [0.05, 0.1) is 17.3 Å². The largest absolute Gasteiger partial charge is 0.484 e. The van der Waals surface area contributed by atoms with Crippen LogP contribution in [0.4, 0.5) is 0 Å². The number of carbonyl (C=O) groups is 1. The third-order valence-corrected chi connectivity index (χ3v) is 4.53. The first-order valence-corrected chi connectivity index (χ1v) is 9.24. The van der Waals surface area contributed by atoms with Gasteiger partial charge in [0.2, 0.25) is 5.89 Å². The summed E-state index contributed by atoms with van der Waals surface area (Å²) in [5.74, 6) is 0.673. The summed E-state index contributed by atoms with van der Waals surface area (Å²) in [4.78, 5) is 25.3. The molecular formula is C22H20N4O3. The van der Waals surface area contributed by atoms with Gasteiger partial charge in [-0.2, -0.15) is 0 Å². The summed E-state index contributed by atoms with van der Waals surface area (Å²) in [5.41, 5.74) is 2.93. The van der Waals surface area contributed by atoms with E-state index in [2.05, 4.69) is 20.3 Å². The molecule has 7 nitrogen and oxygen atoms in total. The van der Waals surface area contributed by atoms with Gasteiger partial charge in [0.15, 0.2) is 12.3 Å². The second-order valence-electron chi connectivity index (χ2n) is 6.67. The first kappa shape index (κ1) is 18.6. The van der Waals surface area contributed by atoms with E-state index in [1.807, 2.05) is 56.3 Å². The van der Waals surface area contributed by atoms with E-state index in [1.54, 1.807) is 12.4 Å². The monoisotopic (exact) mass is 388 g/mol. The summed E-state index contributed by atoms with van der Waals surface area (Å²) >= 11 is 0. The molecule has 29 heavy (non-hydrogen) atoms. The first-order chi connectivity index (χ1) is 14.1. The quantitative estimate of drug-likeness (QED) is 0.537. The third kappa shape index (κ3) is 4.24. The normalized spacial score (nSPS) is 11.9. The summed E-state index contributed by atoms with van der Waals surface area (Å²) in [6, 6.07) is 13.0. The van der Waals surface area contributed by atoms with E-state index >= 15 is 0 Å². The molecule has 0 saturated carbocycles. The minimum Gasteiger partial charge on any atom is -0.484 e. The van der Waals surface area contributed by atoms with E-state index in [0.717, 1.165) is 22.2 Å². The average Bonchev–Trinajstić information content (AvgIpc) is 3.21. The number of aryl methyl sites for hydroxylation is 1. The number of ether oxygens (including phenoxy) is 1. The Morgan fingerprint density at radius 1 is 1.17 bits per heavy atom. The Morgan fingerprint density at radius 3 is 2.86 bits per heavy atom. The Balaban J connectivity index is 1.38. The summed E-state index contributed by atoms with van der Waals surface area (Å²) in [5, 5.41) is 3.87. The first-order valence-electron chi connectivity index (χ1n) is 9.24. The molecular weight excluding hydrogens is 368 g/mol. The molecule has 1 aromatic carbocycles. The summed E-state index contributed by atoms with van der Waals surface area (Å²) in [6.45, 7) is 3.96. The average molecular weight is 388 g/mol. The van der Waals surface area contributed by atoms with Crippen molar-refractivity contribution in [1.29, 1.82) is 0 Å². The van der Waals surface area contributed by atoms with Crippen LogP contribution in [0.1, 0.15) is 40.6 Å². The molecule has 0 aliphatic heterocycles. The highest BCUT2D eigenvalue weighted by Gasteiger charge is 2.17. The molecule has 1 N–H and O–H groups in total. The molecule has 0 bridgehead atoms. The number of amides is 1. The Kier molecular flexibility index (Phi) is 5.20. The van der Waals surface area contributed by atoms with Crippen LogP contribution >= 0.6 is 0 Å². The van der Waals surface area contributed by atoms with Gasteiger partial charge in [-0.15, -0.1) is 0 Å². The van der Waals surface area contributed by atoms with E-state index < -0.39 is 0 Å². The molecule has 4 rings (SSSR count). The Hall–Kier alpha value is -3.74. The molecule has 0 aliphatic rings. The zero-order valence-corrected chi connectivity index (χ0v) is 16.1. The molecule has 0 saturated heterocycles. The summed E-state index contributed by atoms with van der Waals surface area (Å²) in [7, 11) is 0. The Morgan fingerprint density at radius 2 is 2.00 bits per heavy atom. The fourth-order valence-corrected chi connectivity index (χ4v) is 3.06. The van der Waals surface area contributed by atoms with Gasteiger partial charge >= 0.3 is 0 Å². The number of nitrogens with one attached hydrogen (secondary N) is 1. The molecule has 1 unspecified atom stereocenters. The lowest BCUT2D eigenvalue weighted by Crippen LogP contribution is -2.28. The van der Waals surface area contributed by atoms with Gasteiger partial charge in [0.1, 0.15) is 12.0 Å². The highest BCUT2D eigenvalue weighted by Crippen LogP contribution is 2.20. The molecule has 3 aromatic heterocycles. The van der Waals surface area contributed by atoms with Gasteiger partial charge in [-0.3, -0.25) is 14.8 Å². The lowest BCUT2D eigenvalue weighted by atomic mass is 10.1. The molecule has 0 spiro atoms. The van der Waals surface area contributed by atoms with E-state index in [0.29, 0.717) is 11.6 Å². The van der Waals surface area contributed by atoms with Gasteiger partial charge in [0.25, 0.3) is 5.91 Å². The van der Waals surface area contributed by atoms with Crippen LogP contribution in [-0.2, 0) is 6.61 Å². The number of benzene rings is 1. The van der Waals surface area contributed by atoms with Crippen molar-refractivity contribution in [2.24, 2.45) is 0 Å². The number of aromatic nitrogens is 3. The second kappa shape index (κ2) is 8.10. The van der Waals surface area contributed by atoms with Crippen LogP contribution in [0, 0.1) is 6.92 Å². The van der Waals surface area contributed by atoms with Gasteiger partial charge in [0, 0.05) is 17.8 Å². The number of nitrogens with zero attached hydrogens (tertiary/aromatic N) is 3. The third-order valence-electron chi connectivity index (χ3n) is 4.53. The smallest absolute Gasteiger partial charge is 0.273 e. The predicted octanol–water partition coefficient (Wildman–Crippen LogP) is 4.00. The maximum absolute atomic E-state index is 12.5. The maximum Gasteiger partial charge on any atom is 0.273 e. The predicted molar refractivity (Wildman–Crippen MR) is 107 cm³/mol. The van der Waals surface area contributed by atoms with Crippen LogP contribution in [0.25, 0.3) is 10.9 Å². The lowest BCUT2D eigenvalue weighted by Gasteiger charge is -2.14. The maximum atomic E-state index is 12.5. The highest BCUT2D eigenvalue weighted by molar-refractivity contribution is 5.92. The van der Waals surface area contributed by atoms with Gasteiger partial charge < -0.3 is 14.5 Å². The van der Waals surface area contributed by atoms with Gasteiger partial charge in [-0.05, 0) is 49.7 Å². The van der Waals surface area contributed by atoms with Crippen LogP contribution in [0.2, 0.25) is 0 Å². The molecule has 0 aliphatic carbocycles. The standard InChI is InChI=1S/C22H20N4O3/c1-14-5-3-10-24-21(14)15(2)25-22(27)19-12-29-20(26-19)13-28-17-7-8-18-16(11-17)6-4-9-23-18/h3-12,15H,13H2,1-2H3,(H,25,27). The van der Waals surface area contributed by atoms with Crippen LogP contribution in [0.5, 0.6) is 5.75 Å². The zero-order valence-electron chi connectivity index (χ0n) is 16.1. The minimum atomic E-state index is -0.325. The number of hydrogen-bond acceptors (Lipinski definition) is 6. The second-order valence-corrected chi connectivity index (χ2v) is 6.67. The van der Waals surface area contributed by atoms with E-state index in [9.17, 15) is 4.79 Å². The van der Waals surface area contributed by atoms with Crippen molar-refractivity contribution in [1.82, 2.24) is 20.3 Å². The molecule has 146 valence electrons. The molecule has 1 atom stereocenters. The summed E-state index contributed by atoms with van der Waals surface area (Å²) < 4.78 is 11.1. The molecule has 7 heteroatoms. The van der Waals surface area contributed by atoms with Crippen molar-refractivity contribution in [3.63, 3.8) is 0 Å². The van der Waals surface area contributed by atoms with Crippen LogP contribution < -0.4 is 10.1 Å². The van der Waals surface area contributed by atoms with Crippen LogP contribution in [-0.4, -0.2) is 20.9 Å². The number of fused-ring (bicyclic) bond motifs is 1. The summed E-state index contributed by atoms with van der Waals surface area (Å²) in [6.07, 6.45) is 4.79. The topological polar surface area (TPSA) is 90.1 Å². The fraction of sp³-hybridized carbons (Fsp3) is 0.182. The number of hydrogen-bond donors (Lipinski definition) is 1. The van der Waals surface area contributed by atoms with Crippen molar-refractivity contribution in [3.8, 4) is 5.75 Å². The van der Waals surface area contributed by atoms with Crippen molar-refractivity contribution in [3.05, 3.63) is 84.0 Å².